The van der Waals surface area contributed by atoms with Gasteiger partial charge in [-0.25, -0.2) is 0 Å². The second-order valence-electron chi connectivity index (χ2n) is 4.18. The molecule has 0 bridgehead atoms. The van der Waals surface area contributed by atoms with Crippen LogP contribution in [-0.2, 0) is 6.42 Å². The van der Waals surface area contributed by atoms with E-state index in [2.05, 4.69) is 29.3 Å². The van der Waals surface area contributed by atoms with Gasteiger partial charge in [-0.1, -0.05) is 19.0 Å². The summed E-state index contributed by atoms with van der Waals surface area (Å²) in [5.74, 6) is 1.89. The SMILES string of the molecule is CC(C)c1nc(CCNC2CC2)no1. The first kappa shape index (κ1) is 9.65. The Hall–Kier alpha value is -0.900. The molecule has 78 valence electrons. The second kappa shape index (κ2) is 4.09. The van der Waals surface area contributed by atoms with Gasteiger partial charge < -0.3 is 9.84 Å². The van der Waals surface area contributed by atoms with E-state index in [1.807, 2.05) is 0 Å². The Morgan fingerprint density at radius 3 is 2.86 bits per heavy atom. The quantitative estimate of drug-likeness (QED) is 0.773. The van der Waals surface area contributed by atoms with E-state index in [0.717, 1.165) is 30.7 Å². The molecule has 1 N–H and O–H groups in total. The second-order valence-corrected chi connectivity index (χ2v) is 4.18. The van der Waals surface area contributed by atoms with Crippen molar-refractivity contribution in [1.82, 2.24) is 15.5 Å². The van der Waals surface area contributed by atoms with E-state index < -0.39 is 0 Å². The number of hydrogen-bond donors (Lipinski definition) is 1. The number of hydrogen-bond acceptors (Lipinski definition) is 4. The fourth-order valence-corrected chi connectivity index (χ4v) is 1.28. The van der Waals surface area contributed by atoms with Crippen molar-refractivity contribution in [2.45, 2.75) is 45.1 Å². The number of aromatic nitrogens is 2. The van der Waals surface area contributed by atoms with Gasteiger partial charge in [0, 0.05) is 24.9 Å². The first-order valence-electron chi connectivity index (χ1n) is 5.31. The lowest BCUT2D eigenvalue weighted by molar-refractivity contribution is 0.360. The van der Waals surface area contributed by atoms with Gasteiger partial charge in [0.1, 0.15) is 0 Å². The van der Waals surface area contributed by atoms with Crippen LogP contribution in [0.3, 0.4) is 0 Å². The van der Waals surface area contributed by atoms with Crippen molar-refractivity contribution < 1.29 is 4.52 Å². The third-order valence-electron chi connectivity index (χ3n) is 2.34. The molecule has 4 nitrogen and oxygen atoms in total. The monoisotopic (exact) mass is 195 g/mol. The highest BCUT2D eigenvalue weighted by atomic mass is 16.5. The first-order valence-corrected chi connectivity index (χ1v) is 5.31. The Morgan fingerprint density at radius 1 is 1.50 bits per heavy atom. The van der Waals surface area contributed by atoms with Gasteiger partial charge in [-0.15, -0.1) is 0 Å². The standard InChI is InChI=1S/C10H17N3O/c1-7(2)10-12-9(13-14-10)5-6-11-8-3-4-8/h7-8,11H,3-6H2,1-2H3. The zero-order chi connectivity index (χ0) is 9.97. The molecule has 1 heterocycles. The minimum Gasteiger partial charge on any atom is -0.339 e. The van der Waals surface area contributed by atoms with E-state index in [1.165, 1.54) is 12.8 Å². The summed E-state index contributed by atoms with van der Waals surface area (Å²) in [6.45, 7) is 5.07. The van der Waals surface area contributed by atoms with Crippen LogP contribution < -0.4 is 5.32 Å². The fraction of sp³-hybridized carbons (Fsp3) is 0.800. The Labute approximate surface area is 84.1 Å². The Morgan fingerprint density at radius 2 is 2.29 bits per heavy atom. The van der Waals surface area contributed by atoms with E-state index in [9.17, 15) is 0 Å². The van der Waals surface area contributed by atoms with Crippen LogP contribution in [0.2, 0.25) is 0 Å². The zero-order valence-corrected chi connectivity index (χ0v) is 8.79. The van der Waals surface area contributed by atoms with Gasteiger partial charge >= 0.3 is 0 Å². The van der Waals surface area contributed by atoms with Gasteiger partial charge in [-0.05, 0) is 12.8 Å². The van der Waals surface area contributed by atoms with E-state index in [4.69, 9.17) is 4.52 Å². The van der Waals surface area contributed by atoms with Crippen LogP contribution in [0.1, 0.15) is 44.3 Å². The van der Waals surface area contributed by atoms with Crippen molar-refractivity contribution >= 4 is 0 Å². The third kappa shape index (κ3) is 2.54. The first-order chi connectivity index (χ1) is 6.75. The lowest BCUT2D eigenvalue weighted by Crippen LogP contribution is -2.19. The summed E-state index contributed by atoms with van der Waals surface area (Å²) in [5.41, 5.74) is 0. The average Bonchev–Trinajstić information content (AvgIpc) is 2.82. The maximum Gasteiger partial charge on any atom is 0.229 e. The molecule has 0 amide bonds. The molecule has 0 atom stereocenters. The highest BCUT2D eigenvalue weighted by Gasteiger charge is 2.20. The van der Waals surface area contributed by atoms with E-state index >= 15 is 0 Å². The Balaban J connectivity index is 1.77. The van der Waals surface area contributed by atoms with Crippen LogP contribution in [0.15, 0.2) is 4.52 Å². The highest BCUT2D eigenvalue weighted by molar-refractivity contribution is 4.92. The summed E-state index contributed by atoms with van der Waals surface area (Å²) >= 11 is 0. The summed E-state index contributed by atoms with van der Waals surface area (Å²) < 4.78 is 5.11. The predicted molar refractivity (Wildman–Crippen MR) is 53.1 cm³/mol. The van der Waals surface area contributed by atoms with Gasteiger partial charge in [0.25, 0.3) is 0 Å². The molecule has 0 radical (unpaired) electrons. The molecule has 2 rings (SSSR count). The largest absolute Gasteiger partial charge is 0.339 e. The maximum absolute atomic E-state index is 5.11. The summed E-state index contributed by atoms with van der Waals surface area (Å²) in [5, 5.41) is 7.35. The topological polar surface area (TPSA) is 51.0 Å². The minimum atomic E-state index is 0.327. The van der Waals surface area contributed by atoms with Gasteiger partial charge in [0.05, 0.1) is 0 Å². The normalized spacial score (nSPS) is 16.5. The molecule has 1 aliphatic carbocycles. The fourth-order valence-electron chi connectivity index (χ4n) is 1.28. The summed E-state index contributed by atoms with van der Waals surface area (Å²) in [6, 6.07) is 0.756. The van der Waals surface area contributed by atoms with Gasteiger partial charge in [-0.2, -0.15) is 4.98 Å². The van der Waals surface area contributed by atoms with Crippen molar-refractivity contribution in [1.29, 1.82) is 0 Å². The summed E-state index contributed by atoms with van der Waals surface area (Å²) in [4.78, 5) is 4.31. The molecular formula is C10H17N3O. The zero-order valence-electron chi connectivity index (χ0n) is 8.79. The van der Waals surface area contributed by atoms with E-state index in [1.54, 1.807) is 0 Å². The Kier molecular flexibility index (Phi) is 2.82. The lowest BCUT2D eigenvalue weighted by Gasteiger charge is -1.97. The highest BCUT2D eigenvalue weighted by Crippen LogP contribution is 2.18. The van der Waals surface area contributed by atoms with Crippen molar-refractivity contribution in [3.05, 3.63) is 11.7 Å². The predicted octanol–water partition coefficient (Wildman–Crippen LogP) is 1.49. The third-order valence-corrected chi connectivity index (χ3v) is 2.34. The molecule has 1 saturated carbocycles. The van der Waals surface area contributed by atoms with Crippen molar-refractivity contribution in [3.63, 3.8) is 0 Å². The molecule has 4 heteroatoms. The van der Waals surface area contributed by atoms with Crippen LogP contribution in [0, 0.1) is 0 Å². The van der Waals surface area contributed by atoms with Crippen LogP contribution >= 0.6 is 0 Å². The molecule has 14 heavy (non-hydrogen) atoms. The molecule has 0 aromatic carbocycles. The van der Waals surface area contributed by atoms with Crippen LogP contribution in [0.5, 0.6) is 0 Å². The van der Waals surface area contributed by atoms with Gasteiger partial charge in [0.2, 0.25) is 5.89 Å². The van der Waals surface area contributed by atoms with Gasteiger partial charge in [0.15, 0.2) is 5.82 Å². The lowest BCUT2D eigenvalue weighted by atomic mass is 10.2. The molecule has 1 aromatic rings. The number of nitrogens with one attached hydrogen (secondary N) is 1. The molecule has 0 saturated heterocycles. The van der Waals surface area contributed by atoms with Gasteiger partial charge in [-0.3, -0.25) is 0 Å². The molecule has 1 fully saturated rings. The smallest absolute Gasteiger partial charge is 0.229 e. The number of nitrogens with zero attached hydrogens (tertiary/aromatic N) is 2. The molecule has 0 spiro atoms. The maximum atomic E-state index is 5.11. The molecule has 0 aliphatic heterocycles. The van der Waals surface area contributed by atoms with Crippen LogP contribution in [-0.4, -0.2) is 22.7 Å². The molecular weight excluding hydrogens is 178 g/mol. The van der Waals surface area contributed by atoms with Crippen LogP contribution in [0.25, 0.3) is 0 Å². The van der Waals surface area contributed by atoms with E-state index in [-0.39, 0.29) is 0 Å². The van der Waals surface area contributed by atoms with E-state index in [0.29, 0.717) is 5.92 Å². The summed E-state index contributed by atoms with van der Waals surface area (Å²) in [6.07, 6.45) is 3.51. The molecule has 0 unspecified atom stereocenters. The molecule has 1 aliphatic rings. The Bertz CT molecular complexity index is 291. The average molecular weight is 195 g/mol. The van der Waals surface area contributed by atoms with Crippen molar-refractivity contribution in [2.75, 3.05) is 6.54 Å². The number of rotatable bonds is 5. The molecule has 1 aromatic heterocycles. The van der Waals surface area contributed by atoms with Crippen LogP contribution in [0.4, 0.5) is 0 Å². The van der Waals surface area contributed by atoms with Crippen molar-refractivity contribution in [3.8, 4) is 0 Å². The minimum absolute atomic E-state index is 0.327. The summed E-state index contributed by atoms with van der Waals surface area (Å²) in [7, 11) is 0. The van der Waals surface area contributed by atoms with Crippen molar-refractivity contribution in [2.24, 2.45) is 0 Å².